The maximum atomic E-state index is 11.7. The first-order valence-corrected chi connectivity index (χ1v) is 6.94. The van der Waals surface area contributed by atoms with E-state index >= 15 is 0 Å². The number of aromatic nitrogens is 2. The van der Waals surface area contributed by atoms with Gasteiger partial charge in [0.05, 0.1) is 23.9 Å². The van der Waals surface area contributed by atoms with Crippen molar-refractivity contribution < 1.29 is 9.53 Å². The number of aryl methyl sites for hydroxylation is 2. The number of benzene rings is 1. The maximum Gasteiger partial charge on any atom is 0.213 e. The Morgan fingerprint density at radius 2 is 2.10 bits per heavy atom. The highest BCUT2D eigenvalue weighted by Gasteiger charge is 2.24. The molecular formula is C17H14N2O2. The van der Waals surface area contributed by atoms with Crippen LogP contribution in [0, 0.1) is 0 Å². The van der Waals surface area contributed by atoms with Crippen molar-refractivity contribution in [3.63, 3.8) is 0 Å². The van der Waals surface area contributed by atoms with Gasteiger partial charge in [0, 0.05) is 18.2 Å². The molecule has 104 valence electrons. The van der Waals surface area contributed by atoms with Crippen LogP contribution >= 0.6 is 0 Å². The van der Waals surface area contributed by atoms with Gasteiger partial charge in [0.25, 0.3) is 0 Å². The Bertz CT molecular complexity index is 865. The lowest BCUT2D eigenvalue weighted by Crippen LogP contribution is -2.11. The Morgan fingerprint density at radius 3 is 2.90 bits per heavy atom. The van der Waals surface area contributed by atoms with Crippen molar-refractivity contribution in [1.29, 1.82) is 0 Å². The number of fused-ring (bicyclic) bond motifs is 5. The molecule has 4 rings (SSSR count). The van der Waals surface area contributed by atoms with E-state index in [2.05, 4.69) is 21.7 Å². The van der Waals surface area contributed by atoms with Gasteiger partial charge in [0.15, 0.2) is 6.29 Å². The monoisotopic (exact) mass is 278 g/mol. The Morgan fingerprint density at radius 1 is 1.24 bits per heavy atom. The number of rotatable bonds is 2. The predicted octanol–water partition coefficient (Wildman–Crippen LogP) is 3.08. The van der Waals surface area contributed by atoms with Gasteiger partial charge in [-0.3, -0.25) is 4.79 Å². The van der Waals surface area contributed by atoms with E-state index in [4.69, 9.17) is 4.74 Å². The summed E-state index contributed by atoms with van der Waals surface area (Å²) in [5.74, 6) is 0.529. The number of hydrogen-bond donors (Lipinski definition) is 0. The molecule has 0 saturated carbocycles. The Kier molecular flexibility index (Phi) is 2.57. The number of aldehydes is 1. The van der Waals surface area contributed by atoms with Crippen molar-refractivity contribution in [2.45, 2.75) is 13.0 Å². The number of methoxy groups -OCH3 is 1. The second kappa shape index (κ2) is 4.45. The van der Waals surface area contributed by atoms with Gasteiger partial charge in [0.2, 0.25) is 5.88 Å². The lowest BCUT2D eigenvalue weighted by atomic mass is 9.97. The third kappa shape index (κ3) is 1.62. The number of hydrogen-bond acceptors (Lipinski definition) is 3. The highest BCUT2D eigenvalue weighted by molar-refractivity contribution is 6.03. The van der Waals surface area contributed by atoms with E-state index in [1.807, 2.05) is 24.3 Å². The molecule has 3 heterocycles. The first kappa shape index (κ1) is 12.1. The van der Waals surface area contributed by atoms with Crippen LogP contribution in [0.1, 0.15) is 15.9 Å². The van der Waals surface area contributed by atoms with E-state index in [1.54, 1.807) is 7.11 Å². The Hall–Kier alpha value is -2.62. The molecule has 0 N–H and O–H groups in total. The van der Waals surface area contributed by atoms with E-state index in [1.165, 1.54) is 5.56 Å². The minimum absolute atomic E-state index is 0.529. The van der Waals surface area contributed by atoms with Crippen LogP contribution in [-0.2, 0) is 13.0 Å². The normalized spacial score (nSPS) is 12.8. The van der Waals surface area contributed by atoms with Gasteiger partial charge in [0.1, 0.15) is 5.52 Å². The number of ether oxygens (including phenoxy) is 1. The Labute approximate surface area is 122 Å². The molecule has 0 amide bonds. The molecule has 0 bridgehead atoms. The minimum atomic E-state index is 0.529. The highest BCUT2D eigenvalue weighted by Crippen LogP contribution is 2.37. The first-order chi connectivity index (χ1) is 10.3. The summed E-state index contributed by atoms with van der Waals surface area (Å²) >= 11 is 0. The van der Waals surface area contributed by atoms with Gasteiger partial charge in [-0.1, -0.05) is 24.3 Å². The van der Waals surface area contributed by atoms with Crippen LogP contribution in [0.4, 0.5) is 0 Å². The van der Waals surface area contributed by atoms with Gasteiger partial charge in [-0.25, -0.2) is 4.98 Å². The maximum absolute atomic E-state index is 11.7. The number of nitrogens with zero attached hydrogens (tertiary/aromatic N) is 2. The van der Waals surface area contributed by atoms with Crippen molar-refractivity contribution in [2.75, 3.05) is 7.11 Å². The summed E-state index contributed by atoms with van der Waals surface area (Å²) in [5, 5.41) is 0. The lowest BCUT2D eigenvalue weighted by Gasteiger charge is -2.20. The standard InChI is InChI=1S/C17H14N2O2/c1-21-15-7-6-14-16(18-15)13(10-20)17-12-5-3-2-4-11(12)8-9-19(14)17/h2-7,10H,8-9H2,1H3. The van der Waals surface area contributed by atoms with E-state index in [9.17, 15) is 4.79 Å². The molecule has 2 aromatic heterocycles. The quantitative estimate of drug-likeness (QED) is 0.677. The summed E-state index contributed by atoms with van der Waals surface area (Å²) in [5.41, 5.74) is 5.74. The summed E-state index contributed by atoms with van der Waals surface area (Å²) in [6.07, 6.45) is 1.87. The molecule has 21 heavy (non-hydrogen) atoms. The molecule has 0 unspecified atom stereocenters. The van der Waals surface area contributed by atoms with Crippen LogP contribution in [0.25, 0.3) is 22.3 Å². The van der Waals surface area contributed by atoms with Crippen LogP contribution in [-0.4, -0.2) is 22.9 Å². The van der Waals surface area contributed by atoms with Crippen LogP contribution in [0.2, 0.25) is 0 Å². The molecule has 0 saturated heterocycles. The zero-order valence-corrected chi connectivity index (χ0v) is 11.7. The second-order valence-electron chi connectivity index (χ2n) is 5.16. The van der Waals surface area contributed by atoms with Gasteiger partial charge < -0.3 is 9.30 Å². The molecule has 0 fully saturated rings. The van der Waals surface area contributed by atoms with Gasteiger partial charge in [-0.2, -0.15) is 0 Å². The molecule has 0 spiro atoms. The zero-order valence-electron chi connectivity index (χ0n) is 11.7. The van der Waals surface area contributed by atoms with Crippen molar-refractivity contribution in [3.05, 3.63) is 47.5 Å². The smallest absolute Gasteiger partial charge is 0.213 e. The molecule has 3 aromatic rings. The van der Waals surface area contributed by atoms with Gasteiger partial charge in [-0.05, 0) is 18.1 Å². The van der Waals surface area contributed by atoms with Crippen LogP contribution in [0.3, 0.4) is 0 Å². The third-order valence-corrected chi connectivity index (χ3v) is 4.12. The molecule has 1 aliphatic heterocycles. The zero-order chi connectivity index (χ0) is 14.4. The molecule has 1 aromatic carbocycles. The number of carbonyl (C=O) groups excluding carboxylic acids is 1. The van der Waals surface area contributed by atoms with E-state index in [-0.39, 0.29) is 0 Å². The van der Waals surface area contributed by atoms with E-state index < -0.39 is 0 Å². The summed E-state index contributed by atoms with van der Waals surface area (Å²) in [6, 6.07) is 12.1. The van der Waals surface area contributed by atoms with Crippen LogP contribution in [0.15, 0.2) is 36.4 Å². The summed E-state index contributed by atoms with van der Waals surface area (Å²) < 4.78 is 7.38. The van der Waals surface area contributed by atoms with Crippen LogP contribution in [0.5, 0.6) is 5.88 Å². The predicted molar refractivity (Wildman–Crippen MR) is 80.8 cm³/mol. The Balaban J connectivity index is 2.12. The average molecular weight is 278 g/mol. The molecule has 0 radical (unpaired) electrons. The van der Waals surface area contributed by atoms with E-state index in [0.717, 1.165) is 41.5 Å². The number of carbonyl (C=O) groups is 1. The fourth-order valence-corrected chi connectivity index (χ4v) is 3.18. The topological polar surface area (TPSA) is 44.1 Å². The van der Waals surface area contributed by atoms with Crippen molar-refractivity contribution >= 4 is 17.3 Å². The molecule has 4 nitrogen and oxygen atoms in total. The molecule has 0 aliphatic carbocycles. The highest BCUT2D eigenvalue weighted by atomic mass is 16.5. The third-order valence-electron chi connectivity index (χ3n) is 4.12. The van der Waals surface area contributed by atoms with Gasteiger partial charge in [-0.15, -0.1) is 0 Å². The fraction of sp³-hybridized carbons (Fsp3) is 0.176. The summed E-state index contributed by atoms with van der Waals surface area (Å²) in [7, 11) is 1.58. The molecule has 1 aliphatic rings. The molecular weight excluding hydrogens is 264 g/mol. The van der Waals surface area contributed by atoms with Crippen LogP contribution < -0.4 is 4.74 Å². The van der Waals surface area contributed by atoms with Crippen molar-refractivity contribution in [3.8, 4) is 17.1 Å². The first-order valence-electron chi connectivity index (χ1n) is 6.94. The summed E-state index contributed by atoms with van der Waals surface area (Å²) in [4.78, 5) is 16.1. The summed E-state index contributed by atoms with van der Waals surface area (Å²) in [6.45, 7) is 0.866. The number of pyridine rings is 1. The lowest BCUT2D eigenvalue weighted by molar-refractivity contribution is 0.112. The minimum Gasteiger partial charge on any atom is -0.481 e. The second-order valence-corrected chi connectivity index (χ2v) is 5.16. The molecule has 4 heteroatoms. The van der Waals surface area contributed by atoms with Gasteiger partial charge >= 0.3 is 0 Å². The average Bonchev–Trinajstić information content (AvgIpc) is 2.87. The fourth-order valence-electron chi connectivity index (χ4n) is 3.18. The van der Waals surface area contributed by atoms with E-state index in [0.29, 0.717) is 11.4 Å². The molecule has 0 atom stereocenters. The SMILES string of the molecule is COc1ccc2c(n1)c(C=O)c1n2CCc2ccccc2-1. The van der Waals surface area contributed by atoms with Crippen molar-refractivity contribution in [1.82, 2.24) is 9.55 Å². The van der Waals surface area contributed by atoms with Crippen molar-refractivity contribution in [2.24, 2.45) is 0 Å². The largest absolute Gasteiger partial charge is 0.481 e.